The van der Waals surface area contributed by atoms with E-state index in [4.69, 9.17) is 28.6 Å². The highest BCUT2D eigenvalue weighted by Gasteiger charge is 2.36. The van der Waals surface area contributed by atoms with E-state index in [1.165, 1.54) is 4.90 Å². The number of anilines is 1. The average molecular weight is 593 g/mol. The molecule has 1 saturated heterocycles. The molecular weight excluding hydrogens is 576 g/mol. The van der Waals surface area contributed by atoms with Crippen LogP contribution >= 0.6 is 55.7 Å². The summed E-state index contributed by atoms with van der Waals surface area (Å²) in [5.74, 6) is 0.481. The smallest absolute Gasteiger partial charge is 0.281 e. The molecule has 4 nitrogen and oxygen atoms in total. The fourth-order valence-corrected chi connectivity index (χ4v) is 5.21. The molecule has 0 atom stereocenters. The highest BCUT2D eigenvalue weighted by atomic mass is 79.9. The van der Waals surface area contributed by atoms with Crippen LogP contribution in [-0.4, -0.2) is 23.0 Å². The largest absolute Gasteiger partial charge is 0.486 e. The monoisotopic (exact) mass is 590 g/mol. The van der Waals surface area contributed by atoms with Gasteiger partial charge in [-0.25, -0.2) is 0 Å². The third-order valence-electron chi connectivity index (χ3n) is 4.93. The number of para-hydroxylation sites is 1. The molecule has 0 N–H and O–H groups in total. The van der Waals surface area contributed by atoms with Gasteiger partial charge in [-0.3, -0.25) is 9.69 Å². The van der Waals surface area contributed by atoms with Gasteiger partial charge in [0.25, 0.3) is 5.91 Å². The first-order chi connectivity index (χ1) is 15.4. The van der Waals surface area contributed by atoms with Crippen LogP contribution in [0.15, 0.2) is 81.4 Å². The topological polar surface area (TPSA) is 32.8 Å². The molecule has 1 aliphatic rings. The summed E-state index contributed by atoms with van der Waals surface area (Å²) < 4.78 is 7.49. The van der Waals surface area contributed by atoms with Crippen LogP contribution in [0, 0.1) is 0 Å². The number of carbonyl (C=O) groups excluding carboxylic acids is 1. The number of ether oxygens (including phenoxy) is 1. The Morgan fingerprint density at radius 1 is 1.03 bits per heavy atom. The number of amides is 1. The van der Waals surface area contributed by atoms with Crippen LogP contribution in [0.25, 0.3) is 6.08 Å². The van der Waals surface area contributed by atoms with Gasteiger partial charge in [-0.2, -0.15) is 0 Å². The van der Waals surface area contributed by atoms with Crippen molar-refractivity contribution in [1.82, 2.24) is 4.90 Å². The van der Waals surface area contributed by atoms with Crippen molar-refractivity contribution in [3.8, 4) is 5.75 Å². The Morgan fingerprint density at radius 3 is 2.31 bits per heavy atom. The molecule has 1 amide bonds. The van der Waals surface area contributed by atoms with Gasteiger partial charge in [-0.15, -0.1) is 0 Å². The van der Waals surface area contributed by atoms with E-state index in [2.05, 4.69) is 31.9 Å². The molecule has 0 aromatic heterocycles. The number of halogens is 3. The van der Waals surface area contributed by atoms with Crippen LogP contribution in [-0.2, 0) is 11.4 Å². The molecule has 8 heteroatoms. The SMILES string of the molecule is CN1C(=S)N(c2ccccc2)C(=O)/C1=C/c1cc(Br)c(OCc2ccccc2Cl)c(Br)c1. The lowest BCUT2D eigenvalue weighted by Gasteiger charge is -2.16. The highest BCUT2D eigenvalue weighted by Crippen LogP contribution is 2.37. The van der Waals surface area contributed by atoms with Gasteiger partial charge >= 0.3 is 0 Å². The number of carbonyl (C=O) groups is 1. The number of nitrogens with zero attached hydrogens (tertiary/aromatic N) is 2. The van der Waals surface area contributed by atoms with Gasteiger partial charge in [0, 0.05) is 17.6 Å². The van der Waals surface area contributed by atoms with E-state index < -0.39 is 0 Å². The molecule has 32 heavy (non-hydrogen) atoms. The van der Waals surface area contributed by atoms with E-state index in [9.17, 15) is 4.79 Å². The summed E-state index contributed by atoms with van der Waals surface area (Å²) in [4.78, 5) is 16.4. The molecule has 0 aliphatic carbocycles. The van der Waals surface area contributed by atoms with Crippen LogP contribution in [0.4, 0.5) is 5.69 Å². The maximum absolute atomic E-state index is 13.1. The summed E-state index contributed by atoms with van der Waals surface area (Å²) in [5.41, 5.74) is 2.94. The van der Waals surface area contributed by atoms with E-state index in [1.807, 2.05) is 72.8 Å². The average Bonchev–Trinajstić information content (AvgIpc) is 2.98. The lowest BCUT2D eigenvalue weighted by atomic mass is 10.1. The third kappa shape index (κ3) is 4.62. The predicted octanol–water partition coefficient (Wildman–Crippen LogP) is 7.05. The number of benzene rings is 3. The van der Waals surface area contributed by atoms with E-state index in [-0.39, 0.29) is 5.91 Å². The van der Waals surface area contributed by atoms with Crippen LogP contribution in [0.2, 0.25) is 5.02 Å². The van der Waals surface area contributed by atoms with Gasteiger partial charge in [0.1, 0.15) is 18.1 Å². The van der Waals surface area contributed by atoms with Crippen molar-refractivity contribution in [2.75, 3.05) is 11.9 Å². The fraction of sp³-hybridized carbons (Fsp3) is 0.0833. The summed E-state index contributed by atoms with van der Waals surface area (Å²) in [6.45, 7) is 0.332. The van der Waals surface area contributed by atoms with Crippen molar-refractivity contribution in [3.63, 3.8) is 0 Å². The molecular formula is C24H17Br2ClN2O2S. The van der Waals surface area contributed by atoms with Crippen LogP contribution in [0.1, 0.15) is 11.1 Å². The first kappa shape index (κ1) is 23.0. The number of thiocarbonyl (C=S) groups is 1. The van der Waals surface area contributed by atoms with Gasteiger partial charge in [-0.05, 0) is 86.0 Å². The molecule has 4 rings (SSSR count). The van der Waals surface area contributed by atoms with E-state index >= 15 is 0 Å². The Balaban J connectivity index is 1.60. The fourth-order valence-electron chi connectivity index (χ4n) is 3.29. The van der Waals surface area contributed by atoms with Gasteiger partial charge in [0.2, 0.25) is 0 Å². The maximum atomic E-state index is 13.1. The minimum Gasteiger partial charge on any atom is -0.486 e. The van der Waals surface area contributed by atoms with Crippen LogP contribution in [0.3, 0.4) is 0 Å². The molecule has 0 bridgehead atoms. The molecule has 1 aliphatic heterocycles. The zero-order valence-electron chi connectivity index (χ0n) is 16.9. The van der Waals surface area contributed by atoms with Crippen molar-refractivity contribution in [2.24, 2.45) is 0 Å². The zero-order valence-corrected chi connectivity index (χ0v) is 21.6. The first-order valence-corrected chi connectivity index (χ1v) is 12.0. The third-order valence-corrected chi connectivity index (χ3v) is 6.93. The number of likely N-dealkylation sites (N-methyl/N-ethyl adjacent to an activating group) is 1. The lowest BCUT2D eigenvalue weighted by Crippen LogP contribution is -2.30. The number of rotatable bonds is 5. The molecule has 0 unspecified atom stereocenters. The van der Waals surface area contributed by atoms with Crippen molar-refractivity contribution in [1.29, 1.82) is 0 Å². The Kier molecular flexibility index (Phi) is 7.00. The van der Waals surface area contributed by atoms with E-state index in [0.717, 1.165) is 25.8 Å². The Morgan fingerprint density at radius 2 is 1.66 bits per heavy atom. The van der Waals surface area contributed by atoms with E-state index in [0.29, 0.717) is 28.2 Å². The van der Waals surface area contributed by atoms with Crippen LogP contribution < -0.4 is 9.64 Å². The Labute approximate surface area is 213 Å². The second kappa shape index (κ2) is 9.75. The van der Waals surface area contributed by atoms with Crippen molar-refractivity contribution >= 4 is 78.5 Å². The molecule has 162 valence electrons. The predicted molar refractivity (Wildman–Crippen MR) is 140 cm³/mol. The van der Waals surface area contributed by atoms with Gasteiger partial charge in [0.05, 0.1) is 14.6 Å². The Bertz CT molecular complexity index is 1210. The van der Waals surface area contributed by atoms with Gasteiger partial charge in [-0.1, -0.05) is 48.0 Å². The lowest BCUT2D eigenvalue weighted by molar-refractivity contribution is -0.114. The summed E-state index contributed by atoms with van der Waals surface area (Å²) >= 11 is 18.9. The van der Waals surface area contributed by atoms with Crippen molar-refractivity contribution < 1.29 is 9.53 Å². The first-order valence-electron chi connectivity index (χ1n) is 9.61. The molecule has 1 fully saturated rings. The minimum absolute atomic E-state index is 0.171. The number of hydrogen-bond donors (Lipinski definition) is 0. The molecule has 0 radical (unpaired) electrons. The van der Waals surface area contributed by atoms with E-state index in [1.54, 1.807) is 11.9 Å². The van der Waals surface area contributed by atoms with Gasteiger partial charge < -0.3 is 9.64 Å². The summed E-state index contributed by atoms with van der Waals surface area (Å²) in [5, 5.41) is 1.09. The number of hydrogen-bond acceptors (Lipinski definition) is 3. The second-order valence-electron chi connectivity index (χ2n) is 7.04. The highest BCUT2D eigenvalue weighted by molar-refractivity contribution is 9.11. The zero-order chi connectivity index (χ0) is 22.8. The summed E-state index contributed by atoms with van der Waals surface area (Å²) in [6, 6.07) is 20.7. The van der Waals surface area contributed by atoms with Crippen LogP contribution in [0.5, 0.6) is 5.75 Å². The van der Waals surface area contributed by atoms with Gasteiger partial charge in [0.15, 0.2) is 5.11 Å². The molecule has 1 heterocycles. The maximum Gasteiger partial charge on any atom is 0.281 e. The molecule has 0 saturated carbocycles. The standard InChI is InChI=1S/C24H17Br2ClN2O2S/c1-28-21(23(30)29(24(28)32)17-8-3-2-4-9-17)13-15-11-18(25)22(19(26)12-15)31-14-16-7-5-6-10-20(16)27/h2-13H,14H2,1H3/b21-13-. The summed E-state index contributed by atoms with van der Waals surface area (Å²) in [6.07, 6.45) is 1.81. The van der Waals surface area contributed by atoms with Crippen molar-refractivity contribution in [2.45, 2.75) is 6.61 Å². The quantitative estimate of drug-likeness (QED) is 0.235. The molecule has 3 aromatic rings. The normalized spacial score (nSPS) is 15.1. The summed E-state index contributed by atoms with van der Waals surface area (Å²) in [7, 11) is 1.79. The van der Waals surface area contributed by atoms with Crippen molar-refractivity contribution in [3.05, 3.63) is 97.5 Å². The minimum atomic E-state index is -0.171. The molecule has 3 aromatic carbocycles. The Hall–Kier alpha value is -2.19. The second-order valence-corrected chi connectivity index (χ2v) is 9.52. The molecule has 0 spiro atoms.